The largest absolute Gasteiger partial charge is 0.385 e. The molecule has 0 heterocycles. The molecule has 0 spiro atoms. The van der Waals surface area contributed by atoms with Crippen LogP contribution in [0.1, 0.15) is 36.2 Å². The molecule has 2 nitrogen and oxygen atoms in total. The average Bonchev–Trinajstić information content (AvgIpc) is 2.48. The highest BCUT2D eigenvalue weighted by atomic mass is 16.3. The maximum Gasteiger partial charge on any atom is 0.165 e. The summed E-state index contributed by atoms with van der Waals surface area (Å²) in [6.45, 7) is 3.63. The van der Waals surface area contributed by atoms with Crippen LogP contribution in [0.5, 0.6) is 0 Å². The molecule has 20 heavy (non-hydrogen) atoms. The van der Waals surface area contributed by atoms with Crippen LogP contribution in [0.3, 0.4) is 0 Å². The molecule has 0 aromatic heterocycles. The summed E-state index contributed by atoms with van der Waals surface area (Å²) in [5.74, 6) is -0.158. The SMILES string of the molecule is CC(CC(C)(O)c1ccccc1)C(=O)c1ccccc1. The van der Waals surface area contributed by atoms with Gasteiger partial charge in [-0.2, -0.15) is 0 Å². The smallest absolute Gasteiger partial charge is 0.165 e. The second-order valence-corrected chi connectivity index (χ2v) is 5.48. The Morgan fingerprint density at radius 1 is 1.05 bits per heavy atom. The van der Waals surface area contributed by atoms with Gasteiger partial charge in [0.15, 0.2) is 5.78 Å². The maximum atomic E-state index is 12.3. The monoisotopic (exact) mass is 268 g/mol. The molecular weight excluding hydrogens is 248 g/mol. The Bertz CT molecular complexity index is 558. The highest BCUT2D eigenvalue weighted by Crippen LogP contribution is 2.29. The van der Waals surface area contributed by atoms with E-state index in [4.69, 9.17) is 0 Å². The van der Waals surface area contributed by atoms with Gasteiger partial charge in [0.05, 0.1) is 5.60 Å². The van der Waals surface area contributed by atoms with E-state index in [-0.39, 0.29) is 11.7 Å². The van der Waals surface area contributed by atoms with E-state index in [1.807, 2.05) is 67.6 Å². The van der Waals surface area contributed by atoms with Gasteiger partial charge in [0, 0.05) is 11.5 Å². The van der Waals surface area contributed by atoms with Gasteiger partial charge in [-0.3, -0.25) is 4.79 Å². The van der Waals surface area contributed by atoms with Crippen molar-refractivity contribution in [1.82, 2.24) is 0 Å². The summed E-state index contributed by atoms with van der Waals surface area (Å²) in [4.78, 5) is 12.3. The molecule has 0 aliphatic heterocycles. The van der Waals surface area contributed by atoms with Gasteiger partial charge in [0.25, 0.3) is 0 Å². The first-order chi connectivity index (χ1) is 9.50. The lowest BCUT2D eigenvalue weighted by atomic mass is 9.83. The van der Waals surface area contributed by atoms with Crippen LogP contribution >= 0.6 is 0 Å². The summed E-state index contributed by atoms with van der Waals surface area (Å²) in [5, 5.41) is 10.6. The number of hydrogen-bond donors (Lipinski definition) is 1. The summed E-state index contributed by atoms with van der Waals surface area (Å²) >= 11 is 0. The fourth-order valence-electron chi connectivity index (χ4n) is 2.49. The normalized spacial score (nSPS) is 15.3. The van der Waals surface area contributed by atoms with Crippen molar-refractivity contribution in [1.29, 1.82) is 0 Å². The number of Topliss-reactive ketones (excluding diaryl/α,β-unsaturated/α-hetero) is 1. The van der Waals surface area contributed by atoms with Crippen LogP contribution in [0.25, 0.3) is 0 Å². The summed E-state index contributed by atoms with van der Waals surface area (Å²) in [7, 11) is 0. The average molecular weight is 268 g/mol. The highest BCUT2D eigenvalue weighted by molar-refractivity contribution is 5.97. The van der Waals surface area contributed by atoms with Gasteiger partial charge in [0.1, 0.15) is 0 Å². The van der Waals surface area contributed by atoms with Crippen LogP contribution in [0.4, 0.5) is 0 Å². The predicted molar refractivity (Wildman–Crippen MR) is 80.6 cm³/mol. The number of carbonyl (C=O) groups is 1. The Kier molecular flexibility index (Phi) is 4.35. The van der Waals surface area contributed by atoms with Crippen molar-refractivity contribution < 1.29 is 9.90 Å². The third kappa shape index (κ3) is 3.34. The number of ketones is 1. The second kappa shape index (κ2) is 6.02. The van der Waals surface area contributed by atoms with Gasteiger partial charge in [-0.1, -0.05) is 67.6 Å². The Morgan fingerprint density at radius 2 is 1.55 bits per heavy atom. The summed E-state index contributed by atoms with van der Waals surface area (Å²) < 4.78 is 0. The number of rotatable bonds is 5. The molecule has 0 aliphatic rings. The van der Waals surface area contributed by atoms with Crippen LogP contribution < -0.4 is 0 Å². The Balaban J connectivity index is 2.11. The number of carbonyl (C=O) groups excluding carboxylic acids is 1. The molecule has 0 saturated carbocycles. The van der Waals surface area contributed by atoms with Crippen molar-refractivity contribution in [2.75, 3.05) is 0 Å². The zero-order chi connectivity index (χ0) is 14.6. The summed E-state index contributed by atoms with van der Waals surface area (Å²) in [5.41, 5.74) is 0.544. The third-order valence-electron chi connectivity index (χ3n) is 3.61. The van der Waals surface area contributed by atoms with E-state index < -0.39 is 5.60 Å². The van der Waals surface area contributed by atoms with Gasteiger partial charge in [-0.25, -0.2) is 0 Å². The van der Waals surface area contributed by atoms with Crippen molar-refractivity contribution >= 4 is 5.78 Å². The molecule has 2 heteroatoms. The van der Waals surface area contributed by atoms with E-state index in [0.717, 1.165) is 5.56 Å². The van der Waals surface area contributed by atoms with Gasteiger partial charge in [-0.05, 0) is 18.9 Å². The van der Waals surface area contributed by atoms with E-state index in [0.29, 0.717) is 12.0 Å². The molecule has 2 unspecified atom stereocenters. The predicted octanol–water partition coefficient (Wildman–Crippen LogP) is 3.80. The highest BCUT2D eigenvalue weighted by Gasteiger charge is 2.28. The standard InChI is InChI=1S/C18H20O2/c1-14(17(19)15-9-5-3-6-10-15)13-18(2,20)16-11-7-4-8-12-16/h3-12,14,20H,13H2,1-2H3. The Hall–Kier alpha value is -1.93. The fraction of sp³-hybridized carbons (Fsp3) is 0.278. The molecule has 104 valence electrons. The van der Waals surface area contributed by atoms with Crippen molar-refractivity contribution in [3.05, 3.63) is 71.8 Å². The number of hydrogen-bond acceptors (Lipinski definition) is 2. The first-order valence-corrected chi connectivity index (χ1v) is 6.88. The third-order valence-corrected chi connectivity index (χ3v) is 3.61. The van der Waals surface area contributed by atoms with Gasteiger partial charge < -0.3 is 5.11 Å². The first-order valence-electron chi connectivity index (χ1n) is 6.88. The molecule has 2 atom stereocenters. The van der Waals surface area contributed by atoms with E-state index in [1.54, 1.807) is 6.92 Å². The quantitative estimate of drug-likeness (QED) is 0.837. The lowest BCUT2D eigenvalue weighted by molar-refractivity contribution is 0.0310. The molecule has 0 saturated heterocycles. The minimum Gasteiger partial charge on any atom is -0.385 e. The van der Waals surface area contributed by atoms with Crippen LogP contribution in [-0.2, 0) is 5.60 Å². The minimum atomic E-state index is -0.995. The molecular formula is C18H20O2. The van der Waals surface area contributed by atoms with Crippen LogP contribution in [0.15, 0.2) is 60.7 Å². The molecule has 2 aromatic carbocycles. The van der Waals surface area contributed by atoms with Crippen molar-refractivity contribution in [3.8, 4) is 0 Å². The zero-order valence-electron chi connectivity index (χ0n) is 11.9. The molecule has 0 radical (unpaired) electrons. The topological polar surface area (TPSA) is 37.3 Å². The molecule has 0 amide bonds. The van der Waals surface area contributed by atoms with Crippen LogP contribution in [0.2, 0.25) is 0 Å². The minimum absolute atomic E-state index is 0.0711. The second-order valence-electron chi connectivity index (χ2n) is 5.48. The fourth-order valence-corrected chi connectivity index (χ4v) is 2.49. The van der Waals surface area contributed by atoms with Crippen LogP contribution in [-0.4, -0.2) is 10.9 Å². The molecule has 0 fully saturated rings. The van der Waals surface area contributed by atoms with Crippen molar-refractivity contribution in [2.24, 2.45) is 5.92 Å². The Morgan fingerprint density at radius 3 is 2.10 bits per heavy atom. The van der Waals surface area contributed by atoms with E-state index >= 15 is 0 Å². The molecule has 2 rings (SSSR count). The maximum absolute atomic E-state index is 12.3. The summed E-state index contributed by atoms with van der Waals surface area (Å²) in [6.07, 6.45) is 0.407. The van der Waals surface area contributed by atoms with E-state index in [9.17, 15) is 9.90 Å². The molecule has 0 bridgehead atoms. The molecule has 0 aliphatic carbocycles. The number of benzene rings is 2. The van der Waals surface area contributed by atoms with Gasteiger partial charge >= 0.3 is 0 Å². The van der Waals surface area contributed by atoms with Gasteiger partial charge in [0.2, 0.25) is 0 Å². The lowest BCUT2D eigenvalue weighted by Crippen LogP contribution is -2.27. The molecule has 2 aromatic rings. The zero-order valence-corrected chi connectivity index (χ0v) is 11.9. The van der Waals surface area contributed by atoms with Crippen LogP contribution in [0, 0.1) is 5.92 Å². The van der Waals surface area contributed by atoms with Crippen molar-refractivity contribution in [3.63, 3.8) is 0 Å². The van der Waals surface area contributed by atoms with Gasteiger partial charge in [-0.15, -0.1) is 0 Å². The van der Waals surface area contributed by atoms with Crippen molar-refractivity contribution in [2.45, 2.75) is 25.9 Å². The number of aliphatic hydroxyl groups is 1. The summed E-state index contributed by atoms with van der Waals surface area (Å²) in [6, 6.07) is 18.7. The first kappa shape index (κ1) is 14.5. The Labute approximate surface area is 120 Å². The van der Waals surface area contributed by atoms with E-state index in [1.165, 1.54) is 0 Å². The molecule has 1 N–H and O–H groups in total. The van der Waals surface area contributed by atoms with E-state index in [2.05, 4.69) is 0 Å². The lowest BCUT2D eigenvalue weighted by Gasteiger charge is -2.26.